The molecule has 88 valence electrons. The van der Waals surface area contributed by atoms with Crippen LogP contribution >= 0.6 is 0 Å². The van der Waals surface area contributed by atoms with Crippen LogP contribution in [0.5, 0.6) is 0 Å². The first-order valence-electron chi connectivity index (χ1n) is 6.60. The first-order chi connectivity index (χ1) is 8.40. The summed E-state index contributed by atoms with van der Waals surface area (Å²) in [6, 6.07) is 7.21. The molecule has 2 saturated carbocycles. The van der Waals surface area contributed by atoms with Gasteiger partial charge in [0.05, 0.1) is 11.7 Å². The van der Waals surface area contributed by atoms with Crippen molar-refractivity contribution in [2.45, 2.75) is 31.7 Å². The van der Waals surface area contributed by atoms with Gasteiger partial charge < -0.3 is 5.32 Å². The van der Waals surface area contributed by atoms with E-state index >= 15 is 0 Å². The lowest BCUT2D eigenvalue weighted by Crippen LogP contribution is -2.24. The van der Waals surface area contributed by atoms with Gasteiger partial charge in [0.1, 0.15) is 0 Å². The van der Waals surface area contributed by atoms with Crippen LogP contribution in [0.4, 0.5) is 5.69 Å². The van der Waals surface area contributed by atoms with E-state index in [4.69, 9.17) is 0 Å². The van der Waals surface area contributed by atoms with Crippen LogP contribution in [0, 0.1) is 11.8 Å². The van der Waals surface area contributed by atoms with Gasteiger partial charge in [-0.25, -0.2) is 0 Å². The van der Waals surface area contributed by atoms with Crippen molar-refractivity contribution in [3.8, 4) is 0 Å². The predicted octanol–water partition coefficient (Wildman–Crippen LogP) is 3.16. The molecule has 2 fully saturated rings. The van der Waals surface area contributed by atoms with Gasteiger partial charge in [0.2, 0.25) is 0 Å². The molecule has 0 unspecified atom stereocenters. The van der Waals surface area contributed by atoms with Crippen LogP contribution in [-0.4, -0.2) is 16.2 Å². The van der Waals surface area contributed by atoms with Gasteiger partial charge in [0, 0.05) is 17.1 Å². The summed E-state index contributed by atoms with van der Waals surface area (Å²) in [5.41, 5.74) is 2.37. The van der Waals surface area contributed by atoms with Gasteiger partial charge >= 0.3 is 0 Å². The lowest BCUT2D eigenvalue weighted by atomic mass is 10.1. The van der Waals surface area contributed by atoms with Gasteiger partial charge in [-0.1, -0.05) is 0 Å². The monoisotopic (exact) mass is 227 g/mol. The molecule has 0 aliphatic heterocycles. The average molecular weight is 227 g/mol. The Labute approximate surface area is 101 Å². The van der Waals surface area contributed by atoms with Crippen LogP contribution in [0.25, 0.3) is 10.9 Å². The molecule has 4 rings (SSSR count). The molecule has 0 bridgehead atoms. The van der Waals surface area contributed by atoms with Crippen LogP contribution in [0.1, 0.15) is 25.7 Å². The number of nitrogens with zero attached hydrogens (tertiary/aromatic N) is 1. The molecule has 1 aromatic carbocycles. The van der Waals surface area contributed by atoms with E-state index in [0.29, 0.717) is 0 Å². The minimum atomic E-state index is 0.718. The van der Waals surface area contributed by atoms with Gasteiger partial charge in [-0.05, 0) is 55.7 Å². The minimum absolute atomic E-state index is 0.718. The fourth-order valence-electron chi connectivity index (χ4n) is 2.75. The third-order valence-corrected chi connectivity index (χ3v) is 4.04. The third kappa shape index (κ3) is 1.79. The van der Waals surface area contributed by atoms with Crippen LogP contribution in [-0.2, 0) is 0 Å². The zero-order valence-electron chi connectivity index (χ0n) is 9.82. The molecule has 0 radical (unpaired) electrons. The standard InChI is InChI=1S/C14H17N3/c1-2-9(1)14(10-3-4-10)16-12-6-5-11-8-15-17-13(11)7-12/h5-10,14,16H,1-4H2,(H,15,17). The van der Waals surface area contributed by atoms with Crippen LogP contribution in [0.15, 0.2) is 24.4 Å². The van der Waals surface area contributed by atoms with E-state index in [1.54, 1.807) is 0 Å². The Morgan fingerprint density at radius 1 is 1.18 bits per heavy atom. The molecular weight excluding hydrogens is 210 g/mol. The Balaban J connectivity index is 1.59. The van der Waals surface area contributed by atoms with Crippen molar-refractivity contribution in [2.75, 3.05) is 5.32 Å². The fraction of sp³-hybridized carbons (Fsp3) is 0.500. The maximum Gasteiger partial charge on any atom is 0.0670 e. The maximum atomic E-state index is 4.06. The van der Waals surface area contributed by atoms with E-state index in [0.717, 1.165) is 23.4 Å². The minimum Gasteiger partial charge on any atom is -0.382 e. The Hall–Kier alpha value is -1.51. The highest BCUT2D eigenvalue weighted by Crippen LogP contribution is 2.45. The molecule has 3 heteroatoms. The van der Waals surface area contributed by atoms with Crippen molar-refractivity contribution in [1.82, 2.24) is 10.2 Å². The normalized spacial score (nSPS) is 20.1. The topological polar surface area (TPSA) is 40.7 Å². The highest BCUT2D eigenvalue weighted by Gasteiger charge is 2.41. The molecule has 0 spiro atoms. The summed E-state index contributed by atoms with van der Waals surface area (Å²) in [6.07, 6.45) is 7.54. The predicted molar refractivity (Wildman–Crippen MR) is 69.0 cm³/mol. The van der Waals surface area contributed by atoms with Crippen molar-refractivity contribution in [3.05, 3.63) is 24.4 Å². The second kappa shape index (κ2) is 3.49. The second-order valence-electron chi connectivity index (χ2n) is 5.52. The first-order valence-corrected chi connectivity index (χ1v) is 6.60. The van der Waals surface area contributed by atoms with Gasteiger partial charge in [-0.3, -0.25) is 5.10 Å². The zero-order chi connectivity index (χ0) is 11.2. The number of rotatable bonds is 4. The van der Waals surface area contributed by atoms with Crippen molar-refractivity contribution in [1.29, 1.82) is 0 Å². The van der Waals surface area contributed by atoms with E-state index in [1.807, 2.05) is 6.20 Å². The van der Waals surface area contributed by atoms with Crippen molar-refractivity contribution in [2.24, 2.45) is 11.8 Å². The van der Waals surface area contributed by atoms with E-state index < -0.39 is 0 Å². The Morgan fingerprint density at radius 2 is 1.94 bits per heavy atom. The molecule has 0 amide bonds. The second-order valence-corrected chi connectivity index (χ2v) is 5.52. The van der Waals surface area contributed by atoms with E-state index in [1.165, 1.54) is 36.8 Å². The Morgan fingerprint density at radius 3 is 2.65 bits per heavy atom. The molecule has 2 N–H and O–H groups in total. The van der Waals surface area contributed by atoms with Gasteiger partial charge in [-0.2, -0.15) is 5.10 Å². The third-order valence-electron chi connectivity index (χ3n) is 4.04. The zero-order valence-corrected chi connectivity index (χ0v) is 9.82. The lowest BCUT2D eigenvalue weighted by molar-refractivity contribution is 0.568. The van der Waals surface area contributed by atoms with E-state index in [2.05, 4.69) is 33.7 Å². The van der Waals surface area contributed by atoms with Crippen molar-refractivity contribution in [3.63, 3.8) is 0 Å². The highest BCUT2D eigenvalue weighted by atomic mass is 15.1. The molecule has 17 heavy (non-hydrogen) atoms. The summed E-state index contributed by atoms with van der Waals surface area (Å²) in [5, 5.41) is 12.0. The van der Waals surface area contributed by atoms with E-state index in [-0.39, 0.29) is 0 Å². The molecule has 3 nitrogen and oxygen atoms in total. The van der Waals surface area contributed by atoms with E-state index in [9.17, 15) is 0 Å². The molecule has 1 aromatic heterocycles. The average Bonchev–Trinajstić information content (AvgIpc) is 3.24. The molecule has 2 aliphatic carbocycles. The fourth-order valence-corrected chi connectivity index (χ4v) is 2.75. The Kier molecular flexibility index (Phi) is 1.95. The molecule has 2 aliphatic rings. The summed E-state index contributed by atoms with van der Waals surface area (Å²) < 4.78 is 0. The number of aromatic nitrogens is 2. The molecule has 0 atom stereocenters. The van der Waals surface area contributed by atoms with Gasteiger partial charge in [0.15, 0.2) is 0 Å². The number of hydrogen-bond acceptors (Lipinski definition) is 2. The molecule has 1 heterocycles. The number of hydrogen-bond donors (Lipinski definition) is 2. The number of anilines is 1. The van der Waals surface area contributed by atoms with Crippen LogP contribution in [0.3, 0.4) is 0 Å². The summed E-state index contributed by atoms with van der Waals surface area (Å²) in [7, 11) is 0. The number of H-pyrrole nitrogens is 1. The van der Waals surface area contributed by atoms with Crippen LogP contribution in [0.2, 0.25) is 0 Å². The number of nitrogens with one attached hydrogen (secondary N) is 2. The van der Waals surface area contributed by atoms with Gasteiger partial charge in [-0.15, -0.1) is 0 Å². The van der Waals surface area contributed by atoms with Crippen molar-refractivity contribution < 1.29 is 0 Å². The summed E-state index contributed by atoms with van der Waals surface area (Å²) in [5.74, 6) is 1.86. The largest absolute Gasteiger partial charge is 0.382 e. The summed E-state index contributed by atoms with van der Waals surface area (Å²) in [4.78, 5) is 0. The molecule has 2 aromatic rings. The summed E-state index contributed by atoms with van der Waals surface area (Å²) in [6.45, 7) is 0. The highest BCUT2D eigenvalue weighted by molar-refractivity contribution is 5.81. The smallest absolute Gasteiger partial charge is 0.0670 e. The number of fused-ring (bicyclic) bond motifs is 1. The first kappa shape index (κ1) is 9.51. The quantitative estimate of drug-likeness (QED) is 0.842. The van der Waals surface area contributed by atoms with Gasteiger partial charge in [0.25, 0.3) is 0 Å². The SMILES string of the molecule is c1cc2cn[nH]c2cc1NC(C1CC1)C1CC1. The van der Waals surface area contributed by atoms with Crippen LogP contribution < -0.4 is 5.32 Å². The Bertz CT molecular complexity index is 525. The van der Waals surface area contributed by atoms with Crippen molar-refractivity contribution >= 4 is 16.6 Å². The number of benzene rings is 1. The molecular formula is C14H17N3. The molecule has 0 saturated heterocycles. The maximum absolute atomic E-state index is 4.06. The lowest BCUT2D eigenvalue weighted by Gasteiger charge is -2.19. The summed E-state index contributed by atoms with van der Waals surface area (Å²) >= 11 is 0. The number of aromatic amines is 1.